The van der Waals surface area contributed by atoms with Gasteiger partial charge in [-0.15, -0.1) is 0 Å². The van der Waals surface area contributed by atoms with Gasteiger partial charge >= 0.3 is 0 Å². The highest BCUT2D eigenvalue weighted by Crippen LogP contribution is 2.17. The molecule has 0 amide bonds. The second kappa shape index (κ2) is 6.90. The lowest BCUT2D eigenvalue weighted by Crippen LogP contribution is -2.26. The molecule has 5 heteroatoms. The summed E-state index contributed by atoms with van der Waals surface area (Å²) < 4.78 is 13.2. The molecule has 0 bridgehead atoms. The predicted octanol–water partition coefficient (Wildman–Crippen LogP) is 3.76. The minimum atomic E-state index is -0.261. The lowest BCUT2D eigenvalue weighted by atomic mass is 10.0. The van der Waals surface area contributed by atoms with Crippen LogP contribution in [0.25, 0.3) is 0 Å². The van der Waals surface area contributed by atoms with Crippen molar-refractivity contribution in [2.24, 2.45) is 5.16 Å². The van der Waals surface area contributed by atoms with E-state index in [9.17, 15) is 4.39 Å². The number of halogens is 2. The molecule has 22 heavy (non-hydrogen) atoms. The first kappa shape index (κ1) is 15.0. The summed E-state index contributed by atoms with van der Waals surface area (Å²) in [6.07, 6.45) is 0.642. The zero-order chi connectivity index (χ0) is 15.4. The second-order valence-electron chi connectivity index (χ2n) is 5.24. The zero-order valence-corrected chi connectivity index (χ0v) is 12.7. The average Bonchev–Trinajstić information content (AvgIpc) is 2.96. The number of benzene rings is 2. The van der Waals surface area contributed by atoms with Crippen molar-refractivity contribution in [1.29, 1.82) is 0 Å². The van der Waals surface area contributed by atoms with Crippen molar-refractivity contribution in [1.82, 2.24) is 5.32 Å². The van der Waals surface area contributed by atoms with Crippen LogP contribution in [0.15, 0.2) is 53.7 Å². The molecule has 0 saturated carbocycles. The van der Waals surface area contributed by atoms with Crippen molar-refractivity contribution in [3.05, 3.63) is 70.5 Å². The van der Waals surface area contributed by atoms with E-state index in [1.807, 2.05) is 30.3 Å². The molecule has 2 aromatic carbocycles. The summed E-state index contributed by atoms with van der Waals surface area (Å²) in [7, 11) is 0. The normalized spacial score (nSPS) is 17.2. The Morgan fingerprint density at radius 2 is 2.09 bits per heavy atom. The van der Waals surface area contributed by atoms with Crippen molar-refractivity contribution < 1.29 is 9.23 Å². The van der Waals surface area contributed by atoms with Gasteiger partial charge in [0.05, 0.1) is 5.71 Å². The molecule has 0 radical (unpaired) electrons. The van der Waals surface area contributed by atoms with Crippen LogP contribution in [-0.2, 0) is 11.4 Å². The Morgan fingerprint density at radius 1 is 1.23 bits per heavy atom. The number of oxime groups is 1. The van der Waals surface area contributed by atoms with E-state index in [0.29, 0.717) is 13.0 Å². The Hall–Kier alpha value is -1.91. The van der Waals surface area contributed by atoms with E-state index in [1.54, 1.807) is 6.07 Å². The number of hydrogen-bond acceptors (Lipinski definition) is 3. The second-order valence-corrected chi connectivity index (χ2v) is 5.68. The average molecular weight is 319 g/mol. The number of nitrogens with zero attached hydrogens (tertiary/aromatic N) is 1. The maximum atomic E-state index is 13.2. The Bertz CT molecular complexity index is 690. The fourth-order valence-electron chi connectivity index (χ4n) is 2.40. The van der Waals surface area contributed by atoms with Gasteiger partial charge in [0, 0.05) is 30.1 Å². The van der Waals surface area contributed by atoms with E-state index >= 15 is 0 Å². The third-order valence-electron chi connectivity index (χ3n) is 3.48. The van der Waals surface area contributed by atoms with Gasteiger partial charge in [-0.2, -0.15) is 0 Å². The lowest BCUT2D eigenvalue weighted by Gasteiger charge is -2.10. The number of hydrogen-bond donors (Lipinski definition) is 1. The smallest absolute Gasteiger partial charge is 0.145 e. The quantitative estimate of drug-likeness (QED) is 0.910. The van der Waals surface area contributed by atoms with Gasteiger partial charge in [-0.3, -0.25) is 0 Å². The molecule has 1 atom stereocenters. The highest BCUT2D eigenvalue weighted by atomic mass is 35.5. The molecule has 0 aliphatic carbocycles. The van der Waals surface area contributed by atoms with E-state index in [2.05, 4.69) is 10.5 Å². The Morgan fingerprint density at radius 3 is 2.91 bits per heavy atom. The number of nitrogens with one attached hydrogen (secondary N) is 1. The molecule has 0 fully saturated rings. The van der Waals surface area contributed by atoms with E-state index in [1.165, 1.54) is 12.1 Å². The summed E-state index contributed by atoms with van der Waals surface area (Å²) in [5.74, 6) is -0.261. The molecule has 3 rings (SSSR count). The Balaban J connectivity index is 1.48. The van der Waals surface area contributed by atoms with Crippen molar-refractivity contribution in [3.63, 3.8) is 0 Å². The zero-order valence-electron chi connectivity index (χ0n) is 11.9. The molecule has 0 spiro atoms. The summed E-state index contributed by atoms with van der Waals surface area (Å²) in [6, 6.07) is 14.1. The largest absolute Gasteiger partial charge is 0.390 e. The third kappa shape index (κ3) is 3.84. The standard InChI is InChI=1S/C17H16ClFN2O/c18-14-5-1-3-12(7-14)10-20-11-16-9-17(21-22-16)13-4-2-6-15(19)8-13/h1-8,16,20H,9-11H2/t16-/m0/s1. The van der Waals surface area contributed by atoms with Crippen LogP contribution in [0.5, 0.6) is 0 Å². The number of rotatable bonds is 5. The highest BCUT2D eigenvalue weighted by Gasteiger charge is 2.21. The first-order valence-electron chi connectivity index (χ1n) is 7.14. The molecule has 0 saturated heterocycles. The molecule has 1 aliphatic rings. The summed E-state index contributed by atoms with van der Waals surface area (Å²) in [4.78, 5) is 5.40. The summed E-state index contributed by atoms with van der Waals surface area (Å²) in [5, 5.41) is 8.11. The lowest BCUT2D eigenvalue weighted by molar-refractivity contribution is 0.0848. The van der Waals surface area contributed by atoms with Crippen LogP contribution >= 0.6 is 11.6 Å². The minimum absolute atomic E-state index is 0.0301. The van der Waals surface area contributed by atoms with Gasteiger partial charge < -0.3 is 10.2 Å². The van der Waals surface area contributed by atoms with Gasteiger partial charge in [0.1, 0.15) is 11.9 Å². The monoisotopic (exact) mass is 318 g/mol. The van der Waals surface area contributed by atoms with Crippen molar-refractivity contribution >= 4 is 17.3 Å². The maximum absolute atomic E-state index is 13.2. The van der Waals surface area contributed by atoms with Gasteiger partial charge in [-0.05, 0) is 29.8 Å². The van der Waals surface area contributed by atoms with E-state index in [-0.39, 0.29) is 11.9 Å². The van der Waals surface area contributed by atoms with Gasteiger partial charge in [-0.1, -0.05) is 41.0 Å². The van der Waals surface area contributed by atoms with Gasteiger partial charge in [0.15, 0.2) is 0 Å². The van der Waals surface area contributed by atoms with Crippen LogP contribution in [0.1, 0.15) is 17.5 Å². The highest BCUT2D eigenvalue weighted by molar-refractivity contribution is 6.30. The van der Waals surface area contributed by atoms with E-state index < -0.39 is 0 Å². The van der Waals surface area contributed by atoms with Crippen LogP contribution in [0, 0.1) is 5.82 Å². The predicted molar refractivity (Wildman–Crippen MR) is 85.6 cm³/mol. The van der Waals surface area contributed by atoms with Crippen molar-refractivity contribution in [3.8, 4) is 0 Å². The van der Waals surface area contributed by atoms with Gasteiger partial charge in [0.25, 0.3) is 0 Å². The fraction of sp³-hybridized carbons (Fsp3) is 0.235. The first-order chi connectivity index (χ1) is 10.7. The van der Waals surface area contributed by atoms with Gasteiger partial charge in [-0.25, -0.2) is 4.39 Å². The minimum Gasteiger partial charge on any atom is -0.390 e. The van der Waals surface area contributed by atoms with Crippen LogP contribution in [0.3, 0.4) is 0 Å². The van der Waals surface area contributed by atoms with Crippen LogP contribution < -0.4 is 5.32 Å². The molecule has 3 nitrogen and oxygen atoms in total. The maximum Gasteiger partial charge on any atom is 0.145 e. The van der Waals surface area contributed by atoms with Gasteiger partial charge in [0.2, 0.25) is 0 Å². The van der Waals surface area contributed by atoms with Crippen LogP contribution in [0.4, 0.5) is 4.39 Å². The van der Waals surface area contributed by atoms with Crippen molar-refractivity contribution in [2.75, 3.05) is 6.54 Å². The molecular weight excluding hydrogens is 303 g/mol. The third-order valence-corrected chi connectivity index (χ3v) is 3.72. The van der Waals surface area contributed by atoms with Crippen LogP contribution in [-0.4, -0.2) is 18.4 Å². The molecule has 1 N–H and O–H groups in total. The van der Waals surface area contributed by atoms with Crippen LogP contribution in [0.2, 0.25) is 5.02 Å². The van der Waals surface area contributed by atoms with Crippen molar-refractivity contribution in [2.45, 2.75) is 19.1 Å². The summed E-state index contributed by atoms with van der Waals surface area (Å²) in [5.41, 5.74) is 2.68. The molecule has 1 aliphatic heterocycles. The molecule has 114 valence electrons. The topological polar surface area (TPSA) is 33.6 Å². The molecule has 0 aromatic heterocycles. The van der Waals surface area contributed by atoms with E-state index in [0.717, 1.165) is 28.4 Å². The fourth-order valence-corrected chi connectivity index (χ4v) is 2.61. The molecule has 0 unspecified atom stereocenters. The Labute approximate surface area is 133 Å². The van der Waals surface area contributed by atoms with E-state index in [4.69, 9.17) is 16.4 Å². The summed E-state index contributed by atoms with van der Waals surface area (Å²) in [6.45, 7) is 1.39. The Kier molecular flexibility index (Phi) is 4.71. The molecule has 2 aromatic rings. The molecular formula is C17H16ClFN2O. The molecule has 1 heterocycles. The first-order valence-corrected chi connectivity index (χ1v) is 7.52. The summed E-state index contributed by atoms with van der Waals surface area (Å²) >= 11 is 5.95. The SMILES string of the molecule is Fc1cccc(C2=NO[C@H](CNCc3cccc(Cl)c3)C2)c1.